The van der Waals surface area contributed by atoms with Crippen LogP contribution in [0.1, 0.15) is 30.4 Å². The zero-order valence-corrected chi connectivity index (χ0v) is 11.3. The van der Waals surface area contributed by atoms with Gasteiger partial charge in [0.25, 0.3) is 11.8 Å². The zero-order chi connectivity index (χ0) is 14.8. The lowest BCUT2D eigenvalue weighted by Crippen LogP contribution is -2.11. The summed E-state index contributed by atoms with van der Waals surface area (Å²) in [6.07, 6.45) is 3.02. The molecular weight excluding hydrogens is 276 g/mol. The number of nitrogens with one attached hydrogen (secondary N) is 1. The lowest BCUT2D eigenvalue weighted by molar-refractivity contribution is 0.0985. The van der Waals surface area contributed by atoms with Gasteiger partial charge in [-0.05, 0) is 19.9 Å². The molecule has 0 aliphatic rings. The predicted octanol–water partition coefficient (Wildman–Crippen LogP) is 1.75. The van der Waals surface area contributed by atoms with Gasteiger partial charge in [0.1, 0.15) is 5.69 Å². The molecule has 3 aromatic heterocycles. The molecule has 3 aromatic rings. The summed E-state index contributed by atoms with van der Waals surface area (Å²) in [5, 5.41) is 17.7. The van der Waals surface area contributed by atoms with Gasteiger partial charge >= 0.3 is 6.01 Å². The van der Waals surface area contributed by atoms with Crippen LogP contribution in [0.3, 0.4) is 0 Å². The van der Waals surface area contributed by atoms with E-state index in [9.17, 15) is 4.79 Å². The number of hydrogen-bond donors (Lipinski definition) is 1. The van der Waals surface area contributed by atoms with Crippen LogP contribution in [0.2, 0.25) is 0 Å². The van der Waals surface area contributed by atoms with Gasteiger partial charge in [-0.3, -0.25) is 14.8 Å². The molecule has 0 saturated heterocycles. The van der Waals surface area contributed by atoms with E-state index < -0.39 is 5.91 Å². The first kappa shape index (κ1) is 13.0. The second kappa shape index (κ2) is 5.19. The van der Waals surface area contributed by atoms with Crippen LogP contribution in [0.15, 0.2) is 33.5 Å². The number of carbonyl (C=O) groups excluding carboxylic acids is 1. The molecule has 1 N–H and O–H groups in total. The van der Waals surface area contributed by atoms with Crippen LogP contribution in [0, 0.1) is 0 Å². The molecule has 0 aliphatic heterocycles. The molecule has 0 aromatic carbocycles. The number of anilines is 1. The Morgan fingerprint density at radius 2 is 2.14 bits per heavy atom. The molecule has 3 rings (SSSR count). The number of amides is 1. The van der Waals surface area contributed by atoms with E-state index in [1.54, 1.807) is 16.9 Å². The average Bonchev–Trinajstić information content (AvgIpc) is 3.19. The fourth-order valence-electron chi connectivity index (χ4n) is 1.76. The lowest BCUT2D eigenvalue weighted by atomic mass is 10.3. The second-order valence-corrected chi connectivity index (χ2v) is 4.50. The van der Waals surface area contributed by atoms with Gasteiger partial charge in [-0.1, -0.05) is 10.3 Å². The SMILES string of the molecule is CC(C)n1nccc1-c1nnc(NC(=O)c2ccno2)o1. The van der Waals surface area contributed by atoms with E-state index in [2.05, 4.69) is 25.8 Å². The van der Waals surface area contributed by atoms with Gasteiger partial charge in [-0.15, -0.1) is 5.10 Å². The van der Waals surface area contributed by atoms with Crippen LogP contribution in [-0.4, -0.2) is 31.0 Å². The van der Waals surface area contributed by atoms with E-state index in [0.717, 1.165) is 0 Å². The first-order chi connectivity index (χ1) is 10.1. The van der Waals surface area contributed by atoms with Crippen molar-refractivity contribution < 1.29 is 13.7 Å². The molecule has 21 heavy (non-hydrogen) atoms. The van der Waals surface area contributed by atoms with E-state index in [4.69, 9.17) is 8.94 Å². The Bertz CT molecular complexity index is 743. The van der Waals surface area contributed by atoms with E-state index in [1.165, 1.54) is 12.3 Å². The first-order valence-corrected chi connectivity index (χ1v) is 6.24. The molecule has 0 bridgehead atoms. The molecule has 3 heterocycles. The van der Waals surface area contributed by atoms with Crippen LogP contribution in [0.5, 0.6) is 0 Å². The molecule has 9 heteroatoms. The Balaban J connectivity index is 1.80. The van der Waals surface area contributed by atoms with Crippen molar-refractivity contribution in [3.63, 3.8) is 0 Å². The van der Waals surface area contributed by atoms with Crippen LogP contribution >= 0.6 is 0 Å². The van der Waals surface area contributed by atoms with Crippen molar-refractivity contribution >= 4 is 11.9 Å². The summed E-state index contributed by atoms with van der Waals surface area (Å²) in [7, 11) is 0. The monoisotopic (exact) mass is 288 g/mol. The number of nitrogens with zero attached hydrogens (tertiary/aromatic N) is 5. The minimum absolute atomic E-state index is 0.0251. The minimum Gasteiger partial charge on any atom is -0.401 e. The first-order valence-electron chi connectivity index (χ1n) is 6.24. The fraction of sp³-hybridized carbons (Fsp3) is 0.250. The second-order valence-electron chi connectivity index (χ2n) is 4.50. The maximum atomic E-state index is 11.8. The van der Waals surface area contributed by atoms with E-state index >= 15 is 0 Å². The van der Waals surface area contributed by atoms with Crippen molar-refractivity contribution in [2.75, 3.05) is 5.32 Å². The smallest absolute Gasteiger partial charge is 0.322 e. The number of hydrogen-bond acceptors (Lipinski definition) is 7. The van der Waals surface area contributed by atoms with Crippen LogP contribution < -0.4 is 5.32 Å². The summed E-state index contributed by atoms with van der Waals surface area (Å²) in [5.74, 6) is -0.184. The summed E-state index contributed by atoms with van der Waals surface area (Å²) in [6.45, 7) is 3.97. The van der Waals surface area contributed by atoms with Crippen LogP contribution in [0.25, 0.3) is 11.6 Å². The number of carbonyl (C=O) groups is 1. The molecular formula is C12H12N6O3. The van der Waals surface area contributed by atoms with E-state index in [1.807, 2.05) is 13.8 Å². The van der Waals surface area contributed by atoms with Crippen molar-refractivity contribution in [3.8, 4) is 11.6 Å². The van der Waals surface area contributed by atoms with Crippen molar-refractivity contribution in [2.45, 2.75) is 19.9 Å². The molecule has 1 amide bonds. The summed E-state index contributed by atoms with van der Waals surface area (Å²) >= 11 is 0. The van der Waals surface area contributed by atoms with Gasteiger partial charge in [0.2, 0.25) is 5.76 Å². The van der Waals surface area contributed by atoms with Crippen LogP contribution in [-0.2, 0) is 0 Å². The topological polar surface area (TPSA) is 112 Å². The molecule has 0 saturated carbocycles. The van der Waals surface area contributed by atoms with E-state index in [-0.39, 0.29) is 23.7 Å². The highest BCUT2D eigenvalue weighted by Gasteiger charge is 2.17. The molecule has 0 unspecified atom stereocenters. The standard InChI is InChI=1S/C12H12N6O3/c1-7(2)18-8(3-5-13-18)11-16-17-12(20-11)15-10(19)9-4-6-14-21-9/h3-7H,1-2H3,(H,15,17,19). The molecule has 108 valence electrons. The minimum atomic E-state index is -0.514. The average molecular weight is 288 g/mol. The van der Waals surface area contributed by atoms with Gasteiger partial charge in [0, 0.05) is 18.3 Å². The highest BCUT2D eigenvalue weighted by atomic mass is 16.5. The highest BCUT2D eigenvalue weighted by Crippen LogP contribution is 2.22. The maximum absolute atomic E-state index is 11.8. The molecule has 9 nitrogen and oxygen atoms in total. The molecule has 0 atom stereocenters. The Morgan fingerprint density at radius 1 is 1.29 bits per heavy atom. The van der Waals surface area contributed by atoms with Crippen LogP contribution in [0.4, 0.5) is 6.01 Å². The number of rotatable bonds is 4. The quantitative estimate of drug-likeness (QED) is 0.778. The normalized spacial score (nSPS) is 11.0. The molecule has 0 aliphatic carbocycles. The summed E-state index contributed by atoms with van der Waals surface area (Å²) in [6, 6.07) is 3.31. The van der Waals surface area contributed by atoms with Gasteiger partial charge in [0.15, 0.2) is 0 Å². The van der Waals surface area contributed by atoms with Gasteiger partial charge in [-0.2, -0.15) is 5.10 Å². The Kier molecular flexibility index (Phi) is 3.22. The van der Waals surface area contributed by atoms with Crippen molar-refractivity contribution in [1.29, 1.82) is 0 Å². The fourth-order valence-corrected chi connectivity index (χ4v) is 1.76. The van der Waals surface area contributed by atoms with Crippen molar-refractivity contribution in [1.82, 2.24) is 25.1 Å². The summed E-state index contributed by atoms with van der Waals surface area (Å²) in [5.41, 5.74) is 0.678. The predicted molar refractivity (Wildman–Crippen MR) is 70.4 cm³/mol. The summed E-state index contributed by atoms with van der Waals surface area (Å²) in [4.78, 5) is 11.8. The van der Waals surface area contributed by atoms with Crippen molar-refractivity contribution in [3.05, 3.63) is 30.3 Å². The summed E-state index contributed by atoms with van der Waals surface area (Å²) < 4.78 is 11.9. The largest absolute Gasteiger partial charge is 0.401 e. The zero-order valence-electron chi connectivity index (χ0n) is 11.3. The van der Waals surface area contributed by atoms with Gasteiger partial charge in [0.05, 0.1) is 6.20 Å². The van der Waals surface area contributed by atoms with Crippen molar-refractivity contribution in [2.24, 2.45) is 0 Å². The third-order valence-corrected chi connectivity index (χ3v) is 2.69. The Morgan fingerprint density at radius 3 is 2.86 bits per heavy atom. The number of aromatic nitrogens is 5. The third kappa shape index (κ3) is 2.53. The van der Waals surface area contributed by atoms with E-state index in [0.29, 0.717) is 5.69 Å². The Hall–Kier alpha value is -2.97. The Labute approximate surface area is 118 Å². The molecule has 0 radical (unpaired) electrons. The van der Waals surface area contributed by atoms with Gasteiger partial charge in [-0.25, -0.2) is 0 Å². The highest BCUT2D eigenvalue weighted by molar-refractivity contribution is 6.00. The lowest BCUT2D eigenvalue weighted by Gasteiger charge is -2.07. The molecule has 0 spiro atoms. The third-order valence-electron chi connectivity index (χ3n) is 2.69. The maximum Gasteiger partial charge on any atom is 0.322 e. The molecule has 0 fully saturated rings. The van der Waals surface area contributed by atoms with Gasteiger partial charge < -0.3 is 8.94 Å².